The third-order valence-electron chi connectivity index (χ3n) is 9.53. The number of hydrogen-bond acceptors (Lipinski definition) is 2. The van der Waals surface area contributed by atoms with Crippen LogP contribution in [0.5, 0.6) is 0 Å². The van der Waals surface area contributed by atoms with E-state index in [-0.39, 0.29) is 11.0 Å². The largest absolute Gasteiger partial charge is 0.309 e. The lowest BCUT2D eigenvalue weighted by molar-refractivity contribution is 0.661. The minimum atomic E-state index is -0.107. The molecule has 0 saturated heterocycles. The number of benzene rings is 6. The van der Waals surface area contributed by atoms with E-state index in [0.29, 0.717) is 16.7 Å². The van der Waals surface area contributed by atoms with Crippen LogP contribution in [0.3, 0.4) is 0 Å². The summed E-state index contributed by atoms with van der Waals surface area (Å²) in [6, 6.07) is 48.0. The molecule has 0 unspecified atom stereocenters. The summed E-state index contributed by atoms with van der Waals surface area (Å²) < 4.78 is 4.10. The number of rotatable bonds is 3. The second-order valence-corrected chi connectivity index (χ2v) is 12.4. The molecular weight excluding hydrogens is 550 g/mol. The van der Waals surface area contributed by atoms with Crippen LogP contribution in [0, 0.1) is 0 Å². The zero-order valence-electron chi connectivity index (χ0n) is 25.0. The van der Waals surface area contributed by atoms with Crippen molar-refractivity contribution in [3.05, 3.63) is 161 Å². The maximum atomic E-state index is 14.0. The molecule has 0 spiro atoms. The third-order valence-corrected chi connectivity index (χ3v) is 9.53. The van der Waals surface area contributed by atoms with Gasteiger partial charge in [-0.1, -0.05) is 98.8 Å². The lowest BCUT2D eigenvalue weighted by Crippen LogP contribution is -2.22. The van der Waals surface area contributed by atoms with Crippen LogP contribution >= 0.6 is 0 Å². The highest BCUT2D eigenvalue weighted by Crippen LogP contribution is 2.51. The standard InChI is InChI=1S/C41H29N3O/c1-41(2)34-20-9-6-17-29(34)32-24-33-30-18-8-11-22-37(30)43(38(33)25-35(32)41)28-16-12-13-26(23-28)39-42-36-21-10-7-19-31(36)40(45)44(39)27-14-4-3-5-15-27/h3-25H,1-2H3. The first-order valence-corrected chi connectivity index (χ1v) is 15.4. The van der Waals surface area contributed by atoms with Crippen molar-refractivity contribution < 1.29 is 0 Å². The van der Waals surface area contributed by atoms with Crippen molar-refractivity contribution in [3.63, 3.8) is 0 Å². The molecule has 45 heavy (non-hydrogen) atoms. The summed E-state index contributed by atoms with van der Waals surface area (Å²) in [5.41, 5.74) is 10.8. The van der Waals surface area contributed by atoms with Crippen molar-refractivity contribution in [2.45, 2.75) is 19.3 Å². The van der Waals surface area contributed by atoms with Gasteiger partial charge < -0.3 is 4.57 Å². The number of aromatic nitrogens is 3. The topological polar surface area (TPSA) is 39.8 Å². The van der Waals surface area contributed by atoms with Crippen molar-refractivity contribution in [1.29, 1.82) is 0 Å². The zero-order valence-corrected chi connectivity index (χ0v) is 25.0. The molecule has 4 nitrogen and oxygen atoms in total. The van der Waals surface area contributed by atoms with Crippen LogP contribution < -0.4 is 5.56 Å². The molecular formula is C41H29N3O. The molecule has 0 radical (unpaired) electrons. The summed E-state index contributed by atoms with van der Waals surface area (Å²) >= 11 is 0. The Kier molecular flexibility index (Phi) is 5.36. The molecule has 214 valence electrons. The lowest BCUT2D eigenvalue weighted by atomic mass is 9.82. The Balaban J connectivity index is 1.32. The Bertz CT molecular complexity index is 2540. The smallest absolute Gasteiger partial charge is 0.266 e. The molecule has 0 bridgehead atoms. The molecule has 2 aromatic heterocycles. The van der Waals surface area contributed by atoms with E-state index in [9.17, 15) is 4.79 Å². The molecule has 9 rings (SSSR count). The fraction of sp³-hybridized carbons (Fsp3) is 0.0732. The van der Waals surface area contributed by atoms with Gasteiger partial charge in [0.2, 0.25) is 0 Å². The van der Waals surface area contributed by atoms with E-state index < -0.39 is 0 Å². The molecule has 0 saturated carbocycles. The van der Waals surface area contributed by atoms with E-state index in [0.717, 1.165) is 22.5 Å². The van der Waals surface area contributed by atoms with Gasteiger partial charge in [0.1, 0.15) is 5.82 Å². The highest BCUT2D eigenvalue weighted by Gasteiger charge is 2.36. The Hall–Kier alpha value is -5.74. The molecule has 0 N–H and O–H groups in total. The fourth-order valence-corrected chi connectivity index (χ4v) is 7.37. The van der Waals surface area contributed by atoms with Crippen LogP contribution in [0.15, 0.2) is 144 Å². The van der Waals surface area contributed by atoms with Crippen LogP contribution in [-0.2, 0) is 5.41 Å². The average molecular weight is 580 g/mol. The van der Waals surface area contributed by atoms with Crippen molar-refractivity contribution in [2.75, 3.05) is 0 Å². The summed E-state index contributed by atoms with van der Waals surface area (Å²) in [6.45, 7) is 4.65. The van der Waals surface area contributed by atoms with Gasteiger partial charge >= 0.3 is 0 Å². The van der Waals surface area contributed by atoms with Crippen molar-refractivity contribution in [3.8, 4) is 33.9 Å². The van der Waals surface area contributed by atoms with Gasteiger partial charge in [-0.2, -0.15) is 0 Å². The van der Waals surface area contributed by atoms with Gasteiger partial charge in [-0.25, -0.2) is 4.98 Å². The Morgan fingerprint density at radius 2 is 1.24 bits per heavy atom. The van der Waals surface area contributed by atoms with E-state index in [1.165, 1.54) is 38.5 Å². The molecule has 0 fully saturated rings. The Labute approximate surface area is 260 Å². The van der Waals surface area contributed by atoms with Gasteiger partial charge in [0.15, 0.2) is 0 Å². The molecule has 4 heteroatoms. The van der Waals surface area contributed by atoms with Crippen molar-refractivity contribution >= 4 is 32.7 Å². The highest BCUT2D eigenvalue weighted by atomic mass is 16.1. The van der Waals surface area contributed by atoms with Gasteiger partial charge in [0.25, 0.3) is 5.56 Å². The number of nitrogens with zero attached hydrogens (tertiary/aromatic N) is 3. The highest BCUT2D eigenvalue weighted by molar-refractivity contribution is 6.11. The Morgan fingerprint density at radius 3 is 2.11 bits per heavy atom. The molecule has 8 aromatic rings. The maximum Gasteiger partial charge on any atom is 0.266 e. The predicted octanol–water partition coefficient (Wildman–Crippen LogP) is 9.46. The minimum absolute atomic E-state index is 0.0820. The van der Waals surface area contributed by atoms with Gasteiger partial charge in [-0.05, 0) is 76.9 Å². The van der Waals surface area contributed by atoms with Gasteiger partial charge in [-0.15, -0.1) is 0 Å². The molecule has 0 atom stereocenters. The minimum Gasteiger partial charge on any atom is -0.309 e. The predicted molar refractivity (Wildman–Crippen MR) is 185 cm³/mol. The molecule has 0 amide bonds. The van der Waals surface area contributed by atoms with E-state index in [4.69, 9.17) is 4.98 Å². The first-order chi connectivity index (χ1) is 22.0. The van der Waals surface area contributed by atoms with Gasteiger partial charge in [0.05, 0.1) is 27.6 Å². The van der Waals surface area contributed by atoms with E-state index in [1.807, 2.05) is 60.7 Å². The summed E-state index contributed by atoms with van der Waals surface area (Å²) in [5, 5.41) is 3.04. The fourth-order valence-electron chi connectivity index (χ4n) is 7.37. The van der Waals surface area contributed by atoms with Gasteiger partial charge in [0, 0.05) is 27.4 Å². The normalized spacial score (nSPS) is 13.4. The van der Waals surface area contributed by atoms with Crippen LogP contribution in [0.4, 0.5) is 0 Å². The lowest BCUT2D eigenvalue weighted by Gasteiger charge is -2.21. The van der Waals surface area contributed by atoms with E-state index in [1.54, 1.807) is 4.57 Å². The first kappa shape index (κ1) is 25.7. The second kappa shape index (κ2) is 9.38. The average Bonchev–Trinajstić information content (AvgIpc) is 3.52. The molecule has 1 aliphatic carbocycles. The summed E-state index contributed by atoms with van der Waals surface area (Å²) in [7, 11) is 0. The van der Waals surface area contributed by atoms with E-state index in [2.05, 4.69) is 97.3 Å². The monoisotopic (exact) mass is 579 g/mol. The summed E-state index contributed by atoms with van der Waals surface area (Å²) in [5.74, 6) is 0.616. The molecule has 0 aliphatic heterocycles. The van der Waals surface area contributed by atoms with Crippen molar-refractivity contribution in [1.82, 2.24) is 14.1 Å². The number of fused-ring (bicyclic) bond motifs is 7. The van der Waals surface area contributed by atoms with E-state index >= 15 is 0 Å². The number of hydrogen-bond donors (Lipinski definition) is 0. The SMILES string of the molecule is CC1(C)c2ccccc2-c2cc3c4ccccc4n(-c4cccc(-c5nc6ccccc6c(=O)n5-c5ccccc5)c4)c3cc21. The number of para-hydroxylation sites is 3. The quantitative estimate of drug-likeness (QED) is 0.209. The maximum absolute atomic E-state index is 14.0. The van der Waals surface area contributed by atoms with Crippen molar-refractivity contribution in [2.24, 2.45) is 0 Å². The van der Waals surface area contributed by atoms with Crippen LogP contribution in [0.1, 0.15) is 25.0 Å². The zero-order chi connectivity index (χ0) is 30.3. The summed E-state index contributed by atoms with van der Waals surface area (Å²) in [6.07, 6.45) is 0. The first-order valence-electron chi connectivity index (χ1n) is 15.4. The van der Waals surface area contributed by atoms with Gasteiger partial charge in [-0.3, -0.25) is 9.36 Å². The molecule has 1 aliphatic rings. The van der Waals surface area contributed by atoms with Crippen LogP contribution in [-0.4, -0.2) is 14.1 Å². The summed E-state index contributed by atoms with van der Waals surface area (Å²) in [4.78, 5) is 19.0. The molecule has 2 heterocycles. The second-order valence-electron chi connectivity index (χ2n) is 12.4. The molecule has 6 aromatic carbocycles. The van der Waals surface area contributed by atoms with Crippen LogP contribution in [0.2, 0.25) is 0 Å². The van der Waals surface area contributed by atoms with Crippen LogP contribution in [0.25, 0.3) is 66.6 Å². The Morgan fingerprint density at radius 1 is 0.533 bits per heavy atom. The third kappa shape index (κ3) is 3.66.